The van der Waals surface area contributed by atoms with Crippen molar-refractivity contribution in [2.45, 2.75) is 0 Å². The van der Waals surface area contributed by atoms with Gasteiger partial charge in [-0.2, -0.15) is 0 Å². The summed E-state index contributed by atoms with van der Waals surface area (Å²) in [7, 11) is 1.40. The summed E-state index contributed by atoms with van der Waals surface area (Å²) in [6.45, 7) is 0. The molecule has 1 aromatic carbocycles. The van der Waals surface area contributed by atoms with Crippen molar-refractivity contribution in [3.05, 3.63) is 23.2 Å². The fourth-order valence-electron chi connectivity index (χ4n) is 0.925. The van der Waals surface area contributed by atoms with Gasteiger partial charge < -0.3 is 4.74 Å². The first kappa shape index (κ1) is 9.67. The third-order valence-electron chi connectivity index (χ3n) is 1.41. The van der Waals surface area contributed by atoms with Gasteiger partial charge in [-0.15, -0.1) is 0 Å². The van der Waals surface area contributed by atoms with Gasteiger partial charge in [-0.25, -0.2) is 9.90 Å². The van der Waals surface area contributed by atoms with E-state index in [4.69, 9.17) is 16.3 Å². The van der Waals surface area contributed by atoms with Crippen LogP contribution in [-0.4, -0.2) is 13.2 Å². The fraction of sp³-hybridized carbons (Fsp3) is 0.125. The monoisotopic (exact) mass is 200 g/mol. The van der Waals surface area contributed by atoms with Crippen molar-refractivity contribution >= 4 is 23.4 Å². The second-order valence-corrected chi connectivity index (χ2v) is 2.64. The Kier molecular flexibility index (Phi) is 2.97. The SMILES string of the molecule is COc1c(Cl)cccc1NC([O])=O. The summed E-state index contributed by atoms with van der Waals surface area (Å²) in [6, 6.07) is 4.73. The molecule has 0 aliphatic heterocycles. The Morgan fingerprint density at radius 3 is 2.77 bits per heavy atom. The molecule has 13 heavy (non-hydrogen) atoms. The van der Waals surface area contributed by atoms with Crippen LogP contribution in [0.4, 0.5) is 10.5 Å². The molecule has 0 aliphatic carbocycles. The van der Waals surface area contributed by atoms with E-state index in [1.165, 1.54) is 13.2 Å². The molecule has 4 nitrogen and oxygen atoms in total. The van der Waals surface area contributed by atoms with Crippen molar-refractivity contribution in [2.24, 2.45) is 0 Å². The van der Waals surface area contributed by atoms with E-state index in [9.17, 15) is 9.90 Å². The van der Waals surface area contributed by atoms with E-state index in [0.717, 1.165) is 0 Å². The van der Waals surface area contributed by atoms with Gasteiger partial charge in [-0.3, -0.25) is 5.32 Å². The average molecular weight is 201 g/mol. The Balaban J connectivity index is 3.05. The zero-order valence-corrected chi connectivity index (χ0v) is 7.59. The number of carbonyl (C=O) groups excluding carboxylic acids is 1. The number of nitrogens with one attached hydrogen (secondary N) is 1. The molecule has 1 radical (unpaired) electrons. The molecule has 0 spiro atoms. The smallest absolute Gasteiger partial charge is 0.455 e. The van der Waals surface area contributed by atoms with Crippen LogP contribution in [-0.2, 0) is 5.11 Å². The molecule has 5 heteroatoms. The van der Waals surface area contributed by atoms with Gasteiger partial charge in [-0.05, 0) is 12.1 Å². The molecule has 0 saturated carbocycles. The molecule has 0 heterocycles. The van der Waals surface area contributed by atoms with Crippen molar-refractivity contribution in [3.63, 3.8) is 0 Å². The van der Waals surface area contributed by atoms with E-state index in [1.807, 2.05) is 0 Å². The Morgan fingerprint density at radius 2 is 2.23 bits per heavy atom. The largest absolute Gasteiger partial charge is 0.493 e. The van der Waals surface area contributed by atoms with Crippen molar-refractivity contribution < 1.29 is 14.6 Å². The van der Waals surface area contributed by atoms with Crippen molar-refractivity contribution in [2.75, 3.05) is 12.4 Å². The summed E-state index contributed by atoms with van der Waals surface area (Å²) in [5.41, 5.74) is 0.273. The second-order valence-electron chi connectivity index (χ2n) is 2.23. The van der Waals surface area contributed by atoms with Crippen LogP contribution < -0.4 is 10.1 Å². The van der Waals surface area contributed by atoms with Crippen LogP contribution in [0.5, 0.6) is 5.75 Å². The normalized spacial score (nSPS) is 9.38. The summed E-state index contributed by atoms with van der Waals surface area (Å²) >= 11 is 5.73. The van der Waals surface area contributed by atoms with Gasteiger partial charge >= 0.3 is 6.09 Å². The first-order chi connectivity index (χ1) is 6.15. The molecular weight excluding hydrogens is 194 g/mol. The topological polar surface area (TPSA) is 58.2 Å². The molecule has 1 aromatic rings. The van der Waals surface area contributed by atoms with E-state index in [2.05, 4.69) is 5.32 Å². The number of amides is 1. The number of carbonyl (C=O) groups is 1. The predicted molar refractivity (Wildman–Crippen MR) is 47.7 cm³/mol. The molecule has 0 atom stereocenters. The molecule has 0 fully saturated rings. The van der Waals surface area contributed by atoms with E-state index in [0.29, 0.717) is 5.02 Å². The number of rotatable bonds is 2. The molecule has 0 unspecified atom stereocenters. The maximum atomic E-state index is 10.2. The number of benzene rings is 1. The molecule has 1 amide bonds. The summed E-state index contributed by atoms with van der Waals surface area (Å²) in [5.74, 6) is 0.286. The lowest BCUT2D eigenvalue weighted by molar-refractivity contribution is 0.185. The molecule has 0 saturated heterocycles. The lowest BCUT2D eigenvalue weighted by Crippen LogP contribution is -2.06. The Hall–Kier alpha value is -1.42. The Bertz CT molecular complexity index is 327. The zero-order valence-electron chi connectivity index (χ0n) is 6.83. The molecule has 0 bridgehead atoms. The molecule has 1 rings (SSSR count). The summed E-state index contributed by atoms with van der Waals surface area (Å²) in [5, 5.41) is 12.6. The first-order valence-electron chi connectivity index (χ1n) is 3.45. The van der Waals surface area contributed by atoms with Gasteiger partial charge in [0.1, 0.15) is 0 Å². The number of anilines is 1. The van der Waals surface area contributed by atoms with Crippen LogP contribution in [0.15, 0.2) is 18.2 Å². The summed E-state index contributed by atoms with van der Waals surface area (Å²) < 4.78 is 4.89. The minimum absolute atomic E-state index is 0.273. The quantitative estimate of drug-likeness (QED) is 0.797. The highest BCUT2D eigenvalue weighted by Crippen LogP contribution is 2.32. The number of hydrogen-bond donors (Lipinski definition) is 1. The maximum Gasteiger partial charge on any atom is 0.455 e. The van der Waals surface area contributed by atoms with Crippen LogP contribution in [0.1, 0.15) is 0 Å². The third-order valence-corrected chi connectivity index (χ3v) is 1.71. The predicted octanol–water partition coefficient (Wildman–Crippen LogP) is 2.31. The van der Waals surface area contributed by atoms with Crippen molar-refractivity contribution in [3.8, 4) is 5.75 Å². The summed E-state index contributed by atoms with van der Waals surface area (Å²) in [4.78, 5) is 10.2. The van der Waals surface area contributed by atoms with Crippen LogP contribution in [0.2, 0.25) is 5.02 Å². The zero-order chi connectivity index (χ0) is 9.84. The number of ether oxygens (including phenoxy) is 1. The highest BCUT2D eigenvalue weighted by Gasteiger charge is 2.09. The number of methoxy groups -OCH3 is 1. The van der Waals surface area contributed by atoms with E-state index in [-0.39, 0.29) is 11.4 Å². The Morgan fingerprint density at radius 1 is 1.54 bits per heavy atom. The van der Waals surface area contributed by atoms with Gasteiger partial charge in [0.15, 0.2) is 5.75 Å². The van der Waals surface area contributed by atoms with Crippen LogP contribution in [0.3, 0.4) is 0 Å². The summed E-state index contributed by atoms with van der Waals surface area (Å²) in [6.07, 6.45) is -1.40. The maximum absolute atomic E-state index is 10.2. The average Bonchev–Trinajstić information content (AvgIpc) is 2.03. The third kappa shape index (κ3) is 2.26. The van der Waals surface area contributed by atoms with Crippen LogP contribution >= 0.6 is 11.6 Å². The molecule has 69 valence electrons. The Labute approximate surface area is 80.1 Å². The van der Waals surface area contributed by atoms with Crippen molar-refractivity contribution in [1.29, 1.82) is 0 Å². The van der Waals surface area contributed by atoms with E-state index in [1.54, 1.807) is 12.1 Å². The number of hydrogen-bond acceptors (Lipinski definition) is 2. The first-order valence-corrected chi connectivity index (χ1v) is 3.83. The van der Waals surface area contributed by atoms with Crippen LogP contribution in [0, 0.1) is 0 Å². The molecule has 0 aromatic heterocycles. The van der Waals surface area contributed by atoms with Gasteiger partial charge in [0.25, 0.3) is 0 Å². The molecule has 1 N–H and O–H groups in total. The van der Waals surface area contributed by atoms with Crippen LogP contribution in [0.25, 0.3) is 0 Å². The lowest BCUT2D eigenvalue weighted by Gasteiger charge is -2.07. The van der Waals surface area contributed by atoms with Gasteiger partial charge in [0.05, 0.1) is 17.8 Å². The highest BCUT2D eigenvalue weighted by atomic mass is 35.5. The van der Waals surface area contributed by atoms with E-state index < -0.39 is 6.09 Å². The van der Waals surface area contributed by atoms with Crippen molar-refractivity contribution in [1.82, 2.24) is 0 Å². The second kappa shape index (κ2) is 4.00. The standard InChI is InChI=1S/C8H7ClNO3/c1-13-7-5(9)3-2-4-6(7)10-8(11)12/h2-4,10H,1H3. The highest BCUT2D eigenvalue weighted by molar-refractivity contribution is 6.32. The molecular formula is C8H7ClNO3. The minimum Gasteiger partial charge on any atom is -0.493 e. The van der Waals surface area contributed by atoms with Gasteiger partial charge in [-0.1, -0.05) is 17.7 Å². The number of halogens is 1. The van der Waals surface area contributed by atoms with E-state index >= 15 is 0 Å². The lowest BCUT2D eigenvalue weighted by atomic mass is 10.3. The number of para-hydroxylation sites is 1. The van der Waals surface area contributed by atoms with Gasteiger partial charge in [0.2, 0.25) is 0 Å². The van der Waals surface area contributed by atoms with Gasteiger partial charge in [0, 0.05) is 0 Å². The molecule has 0 aliphatic rings. The fourth-order valence-corrected chi connectivity index (χ4v) is 1.18. The minimum atomic E-state index is -1.40.